The van der Waals surface area contributed by atoms with Gasteiger partial charge >= 0.3 is 0 Å². The van der Waals surface area contributed by atoms with Crippen molar-refractivity contribution in [1.82, 2.24) is 0 Å². The summed E-state index contributed by atoms with van der Waals surface area (Å²) >= 11 is 3.31. The summed E-state index contributed by atoms with van der Waals surface area (Å²) in [4.78, 5) is 10.4. The molecule has 4 nitrogen and oxygen atoms in total. The summed E-state index contributed by atoms with van der Waals surface area (Å²) in [6, 6.07) is 5.16. The van der Waals surface area contributed by atoms with Crippen LogP contribution in [0.4, 0.5) is 5.69 Å². The third-order valence-electron chi connectivity index (χ3n) is 3.21. The molecule has 1 aromatic rings. The van der Waals surface area contributed by atoms with Crippen LogP contribution in [0.25, 0.3) is 0 Å². The number of nitrogens with zero attached hydrogens (tertiary/aromatic N) is 1. The first-order chi connectivity index (χ1) is 7.58. The molecule has 1 aromatic carbocycles. The molecule has 0 unspecified atom stereocenters. The second kappa shape index (κ2) is 4.14. The number of nitro benzene ring substituents is 1. The van der Waals surface area contributed by atoms with Gasteiger partial charge in [0, 0.05) is 6.07 Å². The predicted molar refractivity (Wildman–Crippen MR) is 65.2 cm³/mol. The van der Waals surface area contributed by atoms with Gasteiger partial charge in [-0.2, -0.15) is 0 Å². The fourth-order valence-electron chi connectivity index (χ4n) is 1.88. The van der Waals surface area contributed by atoms with E-state index in [1.54, 1.807) is 6.07 Å². The number of rotatable bonds is 4. The molecule has 16 heavy (non-hydrogen) atoms. The molecule has 2 rings (SSSR count). The van der Waals surface area contributed by atoms with Gasteiger partial charge < -0.3 is 5.73 Å². The Morgan fingerprint density at radius 3 is 2.69 bits per heavy atom. The van der Waals surface area contributed by atoms with Crippen molar-refractivity contribution >= 4 is 21.6 Å². The van der Waals surface area contributed by atoms with E-state index in [0.717, 1.165) is 24.8 Å². The molecular weight excluding hydrogens is 272 g/mol. The second-order valence-electron chi connectivity index (χ2n) is 4.39. The van der Waals surface area contributed by atoms with E-state index < -0.39 is 0 Å². The zero-order valence-corrected chi connectivity index (χ0v) is 10.4. The lowest BCUT2D eigenvalue weighted by Crippen LogP contribution is -2.18. The Bertz CT molecular complexity index is 430. The molecule has 1 aliphatic carbocycles. The van der Waals surface area contributed by atoms with Crippen LogP contribution in [0, 0.1) is 15.5 Å². The third kappa shape index (κ3) is 2.10. The minimum Gasteiger partial charge on any atom is -0.330 e. The quantitative estimate of drug-likeness (QED) is 0.683. The van der Waals surface area contributed by atoms with Crippen molar-refractivity contribution in [2.75, 3.05) is 6.54 Å². The zero-order chi connectivity index (χ0) is 11.8. The Balaban J connectivity index is 2.28. The molecule has 0 aromatic heterocycles. The van der Waals surface area contributed by atoms with Crippen molar-refractivity contribution < 1.29 is 4.92 Å². The second-order valence-corrected chi connectivity index (χ2v) is 5.18. The van der Waals surface area contributed by atoms with E-state index >= 15 is 0 Å². The lowest BCUT2D eigenvalue weighted by Gasteiger charge is -2.13. The van der Waals surface area contributed by atoms with Crippen molar-refractivity contribution in [2.24, 2.45) is 11.1 Å². The average molecular weight is 285 g/mol. The Kier molecular flexibility index (Phi) is 2.99. The first kappa shape index (κ1) is 11.5. The van der Waals surface area contributed by atoms with Gasteiger partial charge in [-0.25, -0.2) is 0 Å². The minimum atomic E-state index is -0.365. The Morgan fingerprint density at radius 2 is 2.19 bits per heavy atom. The van der Waals surface area contributed by atoms with Crippen molar-refractivity contribution in [1.29, 1.82) is 0 Å². The van der Waals surface area contributed by atoms with Gasteiger partial charge in [-0.3, -0.25) is 10.1 Å². The number of hydrogen-bond acceptors (Lipinski definition) is 3. The molecule has 0 heterocycles. The highest BCUT2D eigenvalue weighted by atomic mass is 79.9. The maximum absolute atomic E-state index is 10.8. The van der Waals surface area contributed by atoms with Gasteiger partial charge in [-0.05, 0) is 52.7 Å². The first-order valence-electron chi connectivity index (χ1n) is 5.20. The summed E-state index contributed by atoms with van der Waals surface area (Å²) in [5.74, 6) is 0. The first-order valence-corrected chi connectivity index (χ1v) is 5.99. The highest BCUT2D eigenvalue weighted by Gasteiger charge is 2.41. The summed E-state index contributed by atoms with van der Waals surface area (Å²) in [6.45, 7) is 0.655. The normalized spacial score (nSPS) is 17.1. The number of nitro groups is 1. The molecule has 0 bridgehead atoms. The Labute approximate surface area is 102 Å². The SMILES string of the molecule is NCC1(Cc2cccc([N+](=O)[O-])c2Br)CC1. The van der Waals surface area contributed by atoms with Crippen LogP contribution in [0.3, 0.4) is 0 Å². The Hall–Kier alpha value is -0.940. The molecule has 0 saturated heterocycles. The van der Waals surface area contributed by atoms with Crippen LogP contribution in [-0.4, -0.2) is 11.5 Å². The third-order valence-corrected chi connectivity index (χ3v) is 4.13. The van der Waals surface area contributed by atoms with Gasteiger partial charge in [0.15, 0.2) is 0 Å². The van der Waals surface area contributed by atoms with Crippen LogP contribution >= 0.6 is 15.9 Å². The van der Waals surface area contributed by atoms with Crippen LogP contribution in [-0.2, 0) is 6.42 Å². The number of nitrogens with two attached hydrogens (primary N) is 1. The van der Waals surface area contributed by atoms with Crippen LogP contribution in [0.1, 0.15) is 18.4 Å². The fourth-order valence-corrected chi connectivity index (χ4v) is 2.43. The summed E-state index contributed by atoms with van der Waals surface area (Å²) in [7, 11) is 0. The van der Waals surface area contributed by atoms with Gasteiger partial charge in [0.05, 0.1) is 9.40 Å². The highest BCUT2D eigenvalue weighted by molar-refractivity contribution is 9.10. The maximum Gasteiger partial charge on any atom is 0.283 e. The van der Waals surface area contributed by atoms with Crippen LogP contribution in [0.2, 0.25) is 0 Å². The van der Waals surface area contributed by atoms with Gasteiger partial charge in [0.1, 0.15) is 0 Å². The van der Waals surface area contributed by atoms with E-state index in [0.29, 0.717) is 11.0 Å². The molecule has 2 N–H and O–H groups in total. The van der Waals surface area contributed by atoms with Gasteiger partial charge in [0.25, 0.3) is 5.69 Å². The smallest absolute Gasteiger partial charge is 0.283 e. The fraction of sp³-hybridized carbons (Fsp3) is 0.455. The average Bonchev–Trinajstić information content (AvgIpc) is 3.01. The van der Waals surface area contributed by atoms with Crippen LogP contribution in [0.15, 0.2) is 22.7 Å². The zero-order valence-electron chi connectivity index (χ0n) is 8.78. The Morgan fingerprint density at radius 1 is 1.50 bits per heavy atom. The molecule has 0 radical (unpaired) electrons. The highest BCUT2D eigenvalue weighted by Crippen LogP contribution is 2.48. The largest absolute Gasteiger partial charge is 0.330 e. The molecule has 0 atom stereocenters. The number of hydrogen-bond donors (Lipinski definition) is 1. The molecule has 0 aliphatic heterocycles. The molecule has 0 spiro atoms. The molecule has 1 fully saturated rings. The topological polar surface area (TPSA) is 69.2 Å². The van der Waals surface area contributed by atoms with E-state index in [1.165, 1.54) is 6.07 Å². The van der Waals surface area contributed by atoms with Crippen molar-refractivity contribution in [3.8, 4) is 0 Å². The lowest BCUT2D eigenvalue weighted by atomic mass is 9.96. The van der Waals surface area contributed by atoms with E-state index in [4.69, 9.17) is 5.73 Å². The molecule has 5 heteroatoms. The van der Waals surface area contributed by atoms with Gasteiger partial charge in [-0.1, -0.05) is 12.1 Å². The number of halogens is 1. The maximum atomic E-state index is 10.8. The monoisotopic (exact) mass is 284 g/mol. The van der Waals surface area contributed by atoms with Gasteiger partial charge in [0.2, 0.25) is 0 Å². The van der Waals surface area contributed by atoms with E-state index in [1.807, 2.05) is 6.07 Å². The van der Waals surface area contributed by atoms with E-state index in [9.17, 15) is 10.1 Å². The summed E-state index contributed by atoms with van der Waals surface area (Å²) < 4.78 is 0.597. The van der Waals surface area contributed by atoms with Gasteiger partial charge in [-0.15, -0.1) is 0 Å². The summed E-state index contributed by atoms with van der Waals surface area (Å²) in [5, 5.41) is 10.8. The molecule has 1 saturated carbocycles. The lowest BCUT2D eigenvalue weighted by molar-refractivity contribution is -0.385. The van der Waals surface area contributed by atoms with Crippen LogP contribution in [0.5, 0.6) is 0 Å². The standard InChI is InChI=1S/C11H13BrN2O2/c12-10-8(6-11(7-13)4-5-11)2-1-3-9(10)14(15)16/h1-3H,4-7,13H2. The summed E-state index contributed by atoms with van der Waals surface area (Å²) in [6.07, 6.45) is 3.07. The minimum absolute atomic E-state index is 0.130. The van der Waals surface area contributed by atoms with Crippen molar-refractivity contribution in [2.45, 2.75) is 19.3 Å². The van der Waals surface area contributed by atoms with E-state index in [2.05, 4.69) is 15.9 Å². The van der Waals surface area contributed by atoms with Crippen molar-refractivity contribution in [3.05, 3.63) is 38.3 Å². The molecular formula is C11H13BrN2O2. The van der Waals surface area contributed by atoms with Crippen LogP contribution < -0.4 is 5.73 Å². The van der Waals surface area contributed by atoms with Crippen molar-refractivity contribution in [3.63, 3.8) is 0 Å². The van der Waals surface area contributed by atoms with E-state index in [-0.39, 0.29) is 16.0 Å². The molecule has 1 aliphatic rings. The molecule has 86 valence electrons. The number of benzene rings is 1. The summed E-state index contributed by atoms with van der Waals surface area (Å²) in [5.41, 5.74) is 7.02. The predicted octanol–water partition coefficient (Wildman–Crippen LogP) is 2.64. The molecule has 0 amide bonds.